The van der Waals surface area contributed by atoms with E-state index >= 15 is 0 Å². The molecule has 7 nitrogen and oxygen atoms in total. The zero-order chi connectivity index (χ0) is 14.7. The molecule has 2 atom stereocenters. The van der Waals surface area contributed by atoms with Gasteiger partial charge in [-0.3, -0.25) is 4.79 Å². The van der Waals surface area contributed by atoms with Gasteiger partial charge in [0.25, 0.3) is 0 Å². The average molecular weight is 276 g/mol. The van der Waals surface area contributed by atoms with E-state index in [1.165, 1.54) is 6.07 Å². The van der Waals surface area contributed by atoms with Crippen molar-refractivity contribution in [1.29, 1.82) is 0 Å². The maximum Gasteiger partial charge on any atom is 0.329 e. The maximum absolute atomic E-state index is 11.0. The van der Waals surface area contributed by atoms with Gasteiger partial charge in [0.05, 0.1) is 5.69 Å². The molecule has 1 amide bonds. The number of carboxylic acid groups (broad SMARTS) is 1. The summed E-state index contributed by atoms with van der Waals surface area (Å²) in [6, 6.07) is 6.70. The van der Waals surface area contributed by atoms with E-state index in [0.717, 1.165) is 0 Å². The van der Waals surface area contributed by atoms with Crippen molar-refractivity contribution in [3.05, 3.63) is 36.0 Å². The van der Waals surface area contributed by atoms with Crippen molar-refractivity contribution in [2.75, 3.05) is 0 Å². The van der Waals surface area contributed by atoms with E-state index in [-0.39, 0.29) is 18.0 Å². The first-order chi connectivity index (χ1) is 9.54. The monoisotopic (exact) mass is 276 g/mol. The maximum atomic E-state index is 11.0. The van der Waals surface area contributed by atoms with Crippen LogP contribution in [0, 0.1) is 0 Å². The highest BCUT2D eigenvalue weighted by atomic mass is 16.4. The van der Waals surface area contributed by atoms with Crippen LogP contribution in [0.4, 0.5) is 0 Å². The number of nitrogens with zero attached hydrogens (tertiary/aromatic N) is 1. The van der Waals surface area contributed by atoms with Gasteiger partial charge in [-0.15, -0.1) is 0 Å². The summed E-state index contributed by atoms with van der Waals surface area (Å²) in [6.45, 7) is 0. The average Bonchev–Trinajstić information content (AvgIpc) is 2.43. The van der Waals surface area contributed by atoms with Crippen LogP contribution in [0.15, 0.2) is 30.3 Å². The molecule has 0 radical (unpaired) electrons. The van der Waals surface area contributed by atoms with E-state index in [2.05, 4.69) is 4.98 Å². The normalized spacial score (nSPS) is 13.7. The minimum atomic E-state index is -1.58. The van der Waals surface area contributed by atoms with Crippen LogP contribution in [0.3, 0.4) is 0 Å². The first kappa shape index (κ1) is 13.8. The van der Waals surface area contributed by atoms with Gasteiger partial charge in [0.1, 0.15) is 6.10 Å². The number of fused-ring (bicyclic) bond motifs is 1. The number of aromatic hydroxyl groups is 1. The fourth-order valence-electron chi connectivity index (χ4n) is 1.89. The molecular formula is C13H12N2O5. The lowest BCUT2D eigenvalue weighted by atomic mass is 10.0. The third kappa shape index (κ3) is 2.52. The topological polar surface area (TPSA) is 120 Å². The predicted octanol–water partition coefficient (Wildman–Crippen LogP) is 0.173. The summed E-state index contributed by atoms with van der Waals surface area (Å²) in [5, 5.41) is 31.8. The van der Waals surface area contributed by atoms with E-state index in [4.69, 9.17) is 5.11 Å². The quantitative estimate of drug-likeness (QED) is 0.578. The number of hydrogen-bond donors (Lipinski definition) is 4. The van der Waals surface area contributed by atoms with E-state index in [0.29, 0.717) is 10.8 Å². The van der Waals surface area contributed by atoms with Gasteiger partial charge in [0.2, 0.25) is 12.3 Å². The molecule has 20 heavy (non-hydrogen) atoms. The summed E-state index contributed by atoms with van der Waals surface area (Å²) < 4.78 is 0. The van der Waals surface area contributed by atoms with Gasteiger partial charge in [-0.2, -0.15) is 0 Å². The highest BCUT2D eigenvalue weighted by Crippen LogP contribution is 2.26. The molecule has 4 N–H and O–H groups in total. The molecule has 7 heteroatoms. The van der Waals surface area contributed by atoms with E-state index < -0.39 is 18.1 Å². The third-order valence-electron chi connectivity index (χ3n) is 2.87. The zero-order valence-corrected chi connectivity index (χ0v) is 10.2. The SMILES string of the molecule is O=CN[C@H](C(=O)O)[C@H](O)c1cc2ccccc2c(O)n1. The standard InChI is InChI=1S/C13H12N2O5/c16-6-14-10(13(19)20)11(17)9-5-7-3-1-2-4-8(7)12(18)15-9/h1-6,10-11,17H,(H,14,16)(H,15,18)(H,19,20)/t10-,11+/m0/s1. The minimum absolute atomic E-state index is 0.0389. The Kier molecular flexibility index (Phi) is 3.81. The predicted molar refractivity (Wildman–Crippen MR) is 69.0 cm³/mol. The number of benzene rings is 1. The number of aliphatic hydroxyl groups is 1. The Morgan fingerprint density at radius 3 is 2.70 bits per heavy atom. The van der Waals surface area contributed by atoms with Gasteiger partial charge < -0.3 is 20.6 Å². The summed E-state index contributed by atoms with van der Waals surface area (Å²) in [5.74, 6) is -1.72. The lowest BCUT2D eigenvalue weighted by Gasteiger charge is -2.18. The van der Waals surface area contributed by atoms with E-state index in [1.54, 1.807) is 24.3 Å². The van der Waals surface area contributed by atoms with E-state index in [9.17, 15) is 19.8 Å². The van der Waals surface area contributed by atoms with Gasteiger partial charge in [-0.1, -0.05) is 18.2 Å². The minimum Gasteiger partial charge on any atom is -0.493 e. The van der Waals surface area contributed by atoms with Gasteiger partial charge in [-0.05, 0) is 17.5 Å². The summed E-state index contributed by atoms with van der Waals surface area (Å²) >= 11 is 0. The summed E-state index contributed by atoms with van der Waals surface area (Å²) in [5.41, 5.74) is -0.0389. The van der Waals surface area contributed by atoms with Crippen LogP contribution >= 0.6 is 0 Å². The van der Waals surface area contributed by atoms with Gasteiger partial charge in [0, 0.05) is 5.39 Å². The molecule has 0 fully saturated rings. The van der Waals surface area contributed by atoms with Crippen molar-refractivity contribution in [2.45, 2.75) is 12.1 Å². The molecule has 0 aliphatic carbocycles. The first-order valence-electron chi connectivity index (χ1n) is 5.74. The van der Waals surface area contributed by atoms with Crippen LogP contribution in [0.1, 0.15) is 11.8 Å². The lowest BCUT2D eigenvalue weighted by Crippen LogP contribution is -2.41. The molecule has 0 bridgehead atoms. The highest BCUT2D eigenvalue weighted by Gasteiger charge is 2.29. The number of nitrogens with one attached hydrogen (secondary N) is 1. The lowest BCUT2D eigenvalue weighted by molar-refractivity contribution is -0.144. The van der Waals surface area contributed by atoms with Crippen LogP contribution in [0.25, 0.3) is 10.8 Å². The Bertz CT molecular complexity index is 658. The molecule has 1 heterocycles. The molecule has 2 rings (SSSR count). The number of carbonyl (C=O) groups is 2. The highest BCUT2D eigenvalue weighted by molar-refractivity contribution is 5.87. The molecule has 0 aliphatic heterocycles. The largest absolute Gasteiger partial charge is 0.493 e. The molecule has 1 aromatic heterocycles. The molecular weight excluding hydrogens is 264 g/mol. The van der Waals surface area contributed by atoms with Crippen LogP contribution in [0.5, 0.6) is 5.88 Å². The van der Waals surface area contributed by atoms with Gasteiger partial charge >= 0.3 is 5.97 Å². The second-order valence-electron chi connectivity index (χ2n) is 4.14. The number of aliphatic hydroxyl groups excluding tert-OH is 1. The summed E-state index contributed by atoms with van der Waals surface area (Å²) in [4.78, 5) is 25.1. The number of rotatable bonds is 5. The van der Waals surface area contributed by atoms with Crippen LogP contribution in [-0.4, -0.2) is 38.7 Å². The Morgan fingerprint density at radius 1 is 1.35 bits per heavy atom. The second kappa shape index (κ2) is 5.54. The fourth-order valence-corrected chi connectivity index (χ4v) is 1.89. The Labute approximate surface area is 113 Å². The third-order valence-corrected chi connectivity index (χ3v) is 2.87. The number of aliphatic carboxylic acids is 1. The van der Waals surface area contributed by atoms with Crippen molar-refractivity contribution in [3.8, 4) is 5.88 Å². The Morgan fingerprint density at radius 2 is 2.05 bits per heavy atom. The number of amides is 1. The molecule has 0 aliphatic rings. The molecule has 104 valence electrons. The van der Waals surface area contributed by atoms with Crippen LogP contribution in [-0.2, 0) is 9.59 Å². The molecule has 2 aromatic rings. The fraction of sp³-hybridized carbons (Fsp3) is 0.154. The van der Waals surface area contributed by atoms with Crippen LogP contribution in [0.2, 0.25) is 0 Å². The molecule has 0 spiro atoms. The van der Waals surface area contributed by atoms with Crippen LogP contribution < -0.4 is 5.32 Å². The smallest absolute Gasteiger partial charge is 0.329 e. The first-order valence-corrected chi connectivity index (χ1v) is 5.74. The summed E-state index contributed by atoms with van der Waals surface area (Å²) in [7, 11) is 0. The molecule has 1 aromatic carbocycles. The van der Waals surface area contributed by atoms with Crippen molar-refractivity contribution in [1.82, 2.24) is 10.3 Å². The zero-order valence-electron chi connectivity index (χ0n) is 10.2. The number of carbonyl (C=O) groups excluding carboxylic acids is 1. The van der Waals surface area contributed by atoms with Crippen molar-refractivity contribution < 1.29 is 24.9 Å². The number of carboxylic acids is 1. The van der Waals surface area contributed by atoms with Gasteiger partial charge in [0.15, 0.2) is 6.04 Å². The van der Waals surface area contributed by atoms with Gasteiger partial charge in [-0.25, -0.2) is 9.78 Å². The molecule has 0 unspecified atom stereocenters. The number of hydrogen-bond acceptors (Lipinski definition) is 5. The molecule has 0 saturated carbocycles. The number of aromatic nitrogens is 1. The number of pyridine rings is 1. The molecule has 0 saturated heterocycles. The summed E-state index contributed by atoms with van der Waals surface area (Å²) in [6.07, 6.45) is -1.39. The van der Waals surface area contributed by atoms with Crippen molar-refractivity contribution in [3.63, 3.8) is 0 Å². The van der Waals surface area contributed by atoms with E-state index in [1.807, 2.05) is 5.32 Å². The van der Waals surface area contributed by atoms with Crippen molar-refractivity contribution >= 4 is 23.2 Å². The Balaban J connectivity index is 2.46. The second-order valence-corrected chi connectivity index (χ2v) is 4.14. The van der Waals surface area contributed by atoms with Crippen molar-refractivity contribution in [2.24, 2.45) is 0 Å². The Hall–Kier alpha value is -2.67.